The van der Waals surface area contributed by atoms with Crippen molar-refractivity contribution in [1.29, 1.82) is 0 Å². The molecule has 0 spiro atoms. The third-order valence-electron chi connectivity index (χ3n) is 3.74. The van der Waals surface area contributed by atoms with Crippen LogP contribution in [0.25, 0.3) is 11.0 Å². The number of hydrogen-bond acceptors (Lipinski definition) is 6. The Morgan fingerprint density at radius 2 is 2.14 bits per heavy atom. The molecule has 5 N–H and O–H groups in total. The molecule has 108 valence electrons. The van der Waals surface area contributed by atoms with Gasteiger partial charge in [-0.25, -0.2) is 9.97 Å². The number of rotatable bonds is 2. The Hall–Kier alpha value is -2.40. The number of aromatic nitrogens is 3. The van der Waals surface area contributed by atoms with Crippen molar-refractivity contribution in [3.05, 3.63) is 29.7 Å². The summed E-state index contributed by atoms with van der Waals surface area (Å²) < 4.78 is 1.64. The molecule has 7 nitrogen and oxygen atoms in total. The average molecular weight is 286 g/mol. The van der Waals surface area contributed by atoms with Crippen LogP contribution in [-0.4, -0.2) is 48.7 Å². The predicted octanol–water partition coefficient (Wildman–Crippen LogP) is -0.810. The normalized spacial score (nSPS) is 25.0. The molecule has 0 saturated heterocycles. The van der Waals surface area contributed by atoms with E-state index in [2.05, 4.69) is 15.9 Å². The summed E-state index contributed by atoms with van der Waals surface area (Å²) in [4.78, 5) is 8.07. The Kier molecular flexibility index (Phi) is 3.14. The zero-order valence-electron chi connectivity index (χ0n) is 11.0. The molecule has 0 fully saturated rings. The Morgan fingerprint density at radius 1 is 1.38 bits per heavy atom. The molecule has 21 heavy (non-hydrogen) atoms. The van der Waals surface area contributed by atoms with Crippen LogP contribution in [0, 0.1) is 12.3 Å². The second kappa shape index (κ2) is 4.86. The van der Waals surface area contributed by atoms with Crippen molar-refractivity contribution in [3.8, 4) is 12.3 Å². The van der Waals surface area contributed by atoms with Crippen LogP contribution in [0.3, 0.4) is 0 Å². The highest BCUT2D eigenvalue weighted by Gasteiger charge is 2.36. The van der Waals surface area contributed by atoms with Crippen LogP contribution in [0.4, 0.5) is 5.82 Å². The number of aliphatic hydroxyl groups is 3. The summed E-state index contributed by atoms with van der Waals surface area (Å²) in [5.74, 6) is 2.77. The lowest BCUT2D eigenvalue weighted by atomic mass is 10.1. The molecule has 0 saturated carbocycles. The molecule has 2 aromatic rings. The van der Waals surface area contributed by atoms with E-state index in [-0.39, 0.29) is 12.4 Å². The number of nitrogen functional groups attached to an aromatic ring is 1. The minimum absolute atomic E-state index is 0.256. The number of anilines is 1. The van der Waals surface area contributed by atoms with E-state index in [1.54, 1.807) is 16.8 Å². The van der Waals surface area contributed by atoms with E-state index in [1.165, 1.54) is 6.33 Å². The van der Waals surface area contributed by atoms with Crippen molar-refractivity contribution in [2.24, 2.45) is 0 Å². The lowest BCUT2D eigenvalue weighted by Gasteiger charge is -2.19. The highest BCUT2D eigenvalue weighted by Crippen LogP contribution is 2.34. The smallest absolute Gasteiger partial charge is 0.147 e. The molecule has 1 aliphatic rings. The van der Waals surface area contributed by atoms with Crippen molar-refractivity contribution in [2.45, 2.75) is 18.2 Å². The van der Waals surface area contributed by atoms with Gasteiger partial charge in [-0.1, -0.05) is 12.0 Å². The summed E-state index contributed by atoms with van der Waals surface area (Å²) >= 11 is 0. The molecular formula is C14H14N4O3. The molecule has 0 unspecified atom stereocenters. The first-order chi connectivity index (χ1) is 10.1. The van der Waals surface area contributed by atoms with Crippen LogP contribution < -0.4 is 5.73 Å². The molecule has 0 aromatic carbocycles. The van der Waals surface area contributed by atoms with E-state index >= 15 is 0 Å². The van der Waals surface area contributed by atoms with Crippen LogP contribution in [0.2, 0.25) is 0 Å². The van der Waals surface area contributed by atoms with Crippen LogP contribution in [0.1, 0.15) is 11.6 Å². The van der Waals surface area contributed by atoms with E-state index in [9.17, 15) is 15.3 Å². The zero-order chi connectivity index (χ0) is 15.1. The van der Waals surface area contributed by atoms with E-state index < -0.39 is 18.2 Å². The summed E-state index contributed by atoms with van der Waals surface area (Å²) in [6.07, 6.45) is 7.80. The summed E-state index contributed by atoms with van der Waals surface area (Å²) in [5, 5.41) is 29.8. The van der Waals surface area contributed by atoms with Gasteiger partial charge in [-0.2, -0.15) is 0 Å². The monoisotopic (exact) mass is 286 g/mol. The minimum atomic E-state index is -1.12. The van der Waals surface area contributed by atoms with Crippen LogP contribution in [-0.2, 0) is 0 Å². The van der Waals surface area contributed by atoms with Gasteiger partial charge in [-0.3, -0.25) is 0 Å². The maximum atomic E-state index is 10.2. The standard InChI is InChI=1S/C14H14N4O3/c1-2-7-4-18(14-10(7)13(15)16-6-17-14)9-3-8(5-19)11(20)12(9)21/h1,3-4,6,9,11-12,19-21H,5H2,(H2,15,16,17)/t9-,11-,12+/m1/s1. The summed E-state index contributed by atoms with van der Waals surface area (Å²) in [6, 6.07) is -0.582. The summed E-state index contributed by atoms with van der Waals surface area (Å²) in [6.45, 7) is -0.326. The molecule has 0 radical (unpaired) electrons. The third-order valence-corrected chi connectivity index (χ3v) is 3.74. The number of nitrogens with two attached hydrogens (primary N) is 1. The molecule has 1 aliphatic carbocycles. The molecule has 2 heterocycles. The van der Waals surface area contributed by atoms with E-state index in [4.69, 9.17) is 12.2 Å². The van der Waals surface area contributed by atoms with Crippen molar-refractivity contribution >= 4 is 16.9 Å². The average Bonchev–Trinajstić information content (AvgIpc) is 2.99. The Bertz CT molecular complexity index is 774. The number of aliphatic hydroxyl groups excluding tert-OH is 3. The van der Waals surface area contributed by atoms with Crippen molar-refractivity contribution in [1.82, 2.24) is 14.5 Å². The summed E-state index contributed by atoms with van der Waals surface area (Å²) in [7, 11) is 0. The fraction of sp³-hybridized carbons (Fsp3) is 0.286. The quantitative estimate of drug-likeness (QED) is 0.424. The van der Waals surface area contributed by atoms with Gasteiger partial charge in [0.25, 0.3) is 0 Å². The van der Waals surface area contributed by atoms with Gasteiger partial charge in [0, 0.05) is 6.20 Å². The topological polar surface area (TPSA) is 117 Å². The van der Waals surface area contributed by atoms with E-state index in [0.717, 1.165) is 0 Å². The summed E-state index contributed by atoms with van der Waals surface area (Å²) in [5.41, 5.74) is 7.18. The second-order valence-corrected chi connectivity index (χ2v) is 4.88. The SMILES string of the molecule is C#Cc1cn([C@@H]2C=C(CO)[C@@H](O)[C@H]2O)c2ncnc(N)c12. The zero-order valence-corrected chi connectivity index (χ0v) is 11.0. The van der Waals surface area contributed by atoms with Crippen LogP contribution >= 0.6 is 0 Å². The molecule has 3 atom stereocenters. The molecule has 2 aromatic heterocycles. The van der Waals surface area contributed by atoms with Gasteiger partial charge in [0.1, 0.15) is 30.0 Å². The van der Waals surface area contributed by atoms with Gasteiger partial charge in [-0.05, 0) is 5.57 Å². The van der Waals surface area contributed by atoms with Gasteiger partial charge in [0.15, 0.2) is 0 Å². The largest absolute Gasteiger partial charge is 0.392 e. The second-order valence-electron chi connectivity index (χ2n) is 4.88. The fourth-order valence-corrected chi connectivity index (χ4v) is 2.66. The van der Waals surface area contributed by atoms with E-state index in [1.807, 2.05) is 0 Å². The lowest BCUT2D eigenvalue weighted by Crippen LogP contribution is -2.30. The fourth-order valence-electron chi connectivity index (χ4n) is 2.66. The van der Waals surface area contributed by atoms with Crippen LogP contribution in [0.15, 0.2) is 24.2 Å². The maximum absolute atomic E-state index is 10.2. The van der Waals surface area contributed by atoms with E-state index in [0.29, 0.717) is 22.2 Å². The van der Waals surface area contributed by atoms with Crippen molar-refractivity contribution in [3.63, 3.8) is 0 Å². The third kappa shape index (κ3) is 1.89. The number of hydrogen-bond donors (Lipinski definition) is 4. The Morgan fingerprint density at radius 3 is 2.76 bits per heavy atom. The number of fused-ring (bicyclic) bond motifs is 1. The first-order valence-electron chi connectivity index (χ1n) is 6.33. The molecule has 0 amide bonds. The molecule has 0 bridgehead atoms. The Labute approximate surface area is 120 Å². The first kappa shape index (κ1) is 13.6. The van der Waals surface area contributed by atoms with Gasteiger partial charge in [0.05, 0.1) is 23.6 Å². The van der Waals surface area contributed by atoms with Gasteiger partial charge >= 0.3 is 0 Å². The van der Waals surface area contributed by atoms with Gasteiger partial charge in [0.2, 0.25) is 0 Å². The van der Waals surface area contributed by atoms with Crippen molar-refractivity contribution in [2.75, 3.05) is 12.3 Å². The number of terminal acetylenes is 1. The molecule has 3 rings (SSSR count). The first-order valence-corrected chi connectivity index (χ1v) is 6.33. The van der Waals surface area contributed by atoms with Gasteiger partial charge < -0.3 is 25.6 Å². The van der Waals surface area contributed by atoms with Gasteiger partial charge in [-0.15, -0.1) is 6.42 Å². The minimum Gasteiger partial charge on any atom is -0.392 e. The highest BCUT2D eigenvalue weighted by atomic mass is 16.3. The van der Waals surface area contributed by atoms with Crippen LogP contribution in [0.5, 0.6) is 0 Å². The highest BCUT2D eigenvalue weighted by molar-refractivity contribution is 5.92. The molecule has 0 aliphatic heterocycles. The number of nitrogens with zero attached hydrogens (tertiary/aromatic N) is 3. The molecule has 7 heteroatoms. The molecular weight excluding hydrogens is 272 g/mol. The maximum Gasteiger partial charge on any atom is 0.147 e. The lowest BCUT2D eigenvalue weighted by molar-refractivity contribution is 0.0288. The van der Waals surface area contributed by atoms with Crippen molar-refractivity contribution < 1.29 is 15.3 Å². The Balaban J connectivity index is 2.21. The predicted molar refractivity (Wildman–Crippen MR) is 76.1 cm³/mol.